The molecule has 1 aromatic rings. The average molecular weight is 431 g/mol. The van der Waals surface area contributed by atoms with Crippen LogP contribution in [0.25, 0.3) is 0 Å². The van der Waals surface area contributed by atoms with Gasteiger partial charge in [0.05, 0.1) is 5.92 Å². The minimum atomic E-state index is -1.31. The molecule has 1 rings (SSSR count). The van der Waals surface area contributed by atoms with E-state index in [0.717, 1.165) is 37.7 Å². The molecule has 0 aliphatic rings. The van der Waals surface area contributed by atoms with E-state index in [1.54, 1.807) is 0 Å². The van der Waals surface area contributed by atoms with Gasteiger partial charge in [0.1, 0.15) is 0 Å². The Hall–Kier alpha value is -1.64. The van der Waals surface area contributed by atoms with Crippen LogP contribution in [-0.4, -0.2) is 16.9 Å². The molecule has 3 heteroatoms. The Labute approximate surface area is 191 Å². The molecule has 1 atom stereocenters. The number of aryl methyl sites for hydroxylation is 1. The van der Waals surface area contributed by atoms with Crippen LogP contribution in [0.15, 0.2) is 24.3 Å². The summed E-state index contributed by atoms with van der Waals surface area (Å²) in [7, 11) is 0. The fourth-order valence-electron chi connectivity index (χ4n) is 4.26. The number of carbonyl (C=O) groups is 2. The number of hydrogen-bond donors (Lipinski definition) is 1. The van der Waals surface area contributed by atoms with Gasteiger partial charge in [-0.15, -0.1) is 0 Å². The first-order valence-electron chi connectivity index (χ1n) is 13.0. The van der Waals surface area contributed by atoms with Crippen LogP contribution in [0.5, 0.6) is 0 Å². The third-order valence-electron chi connectivity index (χ3n) is 6.32. The zero-order chi connectivity index (χ0) is 22.7. The summed E-state index contributed by atoms with van der Waals surface area (Å²) < 4.78 is 0. The summed E-state index contributed by atoms with van der Waals surface area (Å²) in [6.07, 6.45) is 20.6. The molecule has 3 nitrogen and oxygen atoms in total. The number of Topliss-reactive ketones (excluding diaryl/α,β-unsaturated/α-hetero) is 1. The second kappa shape index (κ2) is 18.0. The largest absolute Gasteiger partial charge is 0.475 e. The second-order valence-electron chi connectivity index (χ2n) is 9.10. The van der Waals surface area contributed by atoms with Crippen LogP contribution in [0, 0.1) is 0 Å². The van der Waals surface area contributed by atoms with Gasteiger partial charge in [0.15, 0.2) is 0 Å². The third kappa shape index (κ3) is 12.7. The van der Waals surface area contributed by atoms with Crippen molar-refractivity contribution in [3.63, 3.8) is 0 Å². The minimum Gasteiger partial charge on any atom is -0.475 e. The summed E-state index contributed by atoms with van der Waals surface area (Å²) in [5.74, 6) is -2.49. The minimum absolute atomic E-state index is 0.509. The van der Waals surface area contributed by atoms with E-state index in [2.05, 4.69) is 26.0 Å². The van der Waals surface area contributed by atoms with Gasteiger partial charge < -0.3 is 5.11 Å². The molecule has 0 fully saturated rings. The number of rotatable bonds is 20. The Balaban J connectivity index is 2.25. The number of aliphatic carboxylic acids is 1. The Kier molecular flexibility index (Phi) is 15.9. The first-order chi connectivity index (χ1) is 15.1. The standard InChI is InChI=1S/C28H46O3/c1-3-5-7-8-9-10-11-12-13-14-15-16-17-19-26(27(29)28(30)31)25-22-20-24(21-23-25)18-6-4-2/h20-23,26H,3-19H2,1-2H3,(H,30,31). The molecule has 176 valence electrons. The van der Waals surface area contributed by atoms with Crippen molar-refractivity contribution in [1.29, 1.82) is 0 Å². The van der Waals surface area contributed by atoms with Crippen LogP contribution in [0.1, 0.15) is 134 Å². The Morgan fingerprint density at radius 3 is 1.58 bits per heavy atom. The molecule has 0 spiro atoms. The van der Waals surface area contributed by atoms with Gasteiger partial charge in [0.2, 0.25) is 5.78 Å². The highest BCUT2D eigenvalue weighted by Gasteiger charge is 2.25. The molecule has 1 N–H and O–H groups in total. The molecule has 0 aliphatic heterocycles. The lowest BCUT2D eigenvalue weighted by Crippen LogP contribution is -2.21. The van der Waals surface area contributed by atoms with Gasteiger partial charge in [-0.1, -0.05) is 128 Å². The number of ketones is 1. The van der Waals surface area contributed by atoms with Crippen molar-refractivity contribution in [2.24, 2.45) is 0 Å². The molecule has 0 bridgehead atoms. The molecule has 31 heavy (non-hydrogen) atoms. The maximum absolute atomic E-state index is 12.3. The topological polar surface area (TPSA) is 54.4 Å². The maximum atomic E-state index is 12.3. The van der Waals surface area contributed by atoms with Gasteiger partial charge in [-0.2, -0.15) is 0 Å². The number of carboxylic acid groups (broad SMARTS) is 1. The number of carbonyl (C=O) groups excluding carboxylic acids is 1. The van der Waals surface area contributed by atoms with E-state index >= 15 is 0 Å². The third-order valence-corrected chi connectivity index (χ3v) is 6.32. The molecule has 0 saturated carbocycles. The van der Waals surface area contributed by atoms with E-state index in [1.807, 2.05) is 12.1 Å². The molecule has 0 radical (unpaired) electrons. The summed E-state index contributed by atoms with van der Waals surface area (Å²) in [6, 6.07) is 8.02. The molecule has 0 heterocycles. The summed E-state index contributed by atoms with van der Waals surface area (Å²) >= 11 is 0. The van der Waals surface area contributed by atoms with Crippen molar-refractivity contribution in [3.05, 3.63) is 35.4 Å². The molecule has 1 aromatic carbocycles. The summed E-state index contributed by atoms with van der Waals surface area (Å²) in [5, 5.41) is 9.24. The highest BCUT2D eigenvalue weighted by atomic mass is 16.4. The lowest BCUT2D eigenvalue weighted by Gasteiger charge is -2.15. The van der Waals surface area contributed by atoms with Crippen molar-refractivity contribution in [3.8, 4) is 0 Å². The lowest BCUT2D eigenvalue weighted by atomic mass is 9.88. The van der Waals surface area contributed by atoms with Crippen LogP contribution < -0.4 is 0 Å². The van der Waals surface area contributed by atoms with Crippen molar-refractivity contribution >= 4 is 11.8 Å². The molecule has 0 aromatic heterocycles. The second-order valence-corrected chi connectivity index (χ2v) is 9.10. The number of unbranched alkanes of at least 4 members (excludes halogenated alkanes) is 13. The van der Waals surface area contributed by atoms with Crippen molar-refractivity contribution in [2.45, 2.75) is 129 Å². The molecular weight excluding hydrogens is 384 g/mol. The van der Waals surface area contributed by atoms with Gasteiger partial charge >= 0.3 is 5.97 Å². The zero-order valence-electron chi connectivity index (χ0n) is 20.2. The van der Waals surface area contributed by atoms with Crippen molar-refractivity contribution in [1.82, 2.24) is 0 Å². The van der Waals surface area contributed by atoms with E-state index in [-0.39, 0.29) is 0 Å². The normalized spacial score (nSPS) is 12.1. The quantitative estimate of drug-likeness (QED) is 0.167. The summed E-state index contributed by atoms with van der Waals surface area (Å²) in [4.78, 5) is 23.6. The highest BCUT2D eigenvalue weighted by molar-refractivity contribution is 6.34. The van der Waals surface area contributed by atoms with Gasteiger partial charge in [-0.25, -0.2) is 4.79 Å². The van der Waals surface area contributed by atoms with Gasteiger partial charge in [-0.3, -0.25) is 4.79 Å². The van der Waals surface area contributed by atoms with E-state index < -0.39 is 17.7 Å². The predicted molar refractivity (Wildman–Crippen MR) is 131 cm³/mol. The maximum Gasteiger partial charge on any atom is 0.372 e. The molecule has 0 aliphatic carbocycles. The van der Waals surface area contributed by atoms with E-state index in [9.17, 15) is 14.7 Å². The summed E-state index contributed by atoms with van der Waals surface area (Å²) in [6.45, 7) is 4.43. The number of carboxylic acids is 1. The van der Waals surface area contributed by atoms with E-state index in [4.69, 9.17) is 0 Å². The highest BCUT2D eigenvalue weighted by Crippen LogP contribution is 2.25. The summed E-state index contributed by atoms with van der Waals surface area (Å²) in [5.41, 5.74) is 2.11. The predicted octanol–water partition coefficient (Wildman–Crippen LogP) is 8.25. The van der Waals surface area contributed by atoms with E-state index in [0.29, 0.717) is 6.42 Å². The van der Waals surface area contributed by atoms with Crippen LogP contribution in [0.2, 0.25) is 0 Å². The molecule has 0 amide bonds. The Morgan fingerprint density at radius 1 is 0.677 bits per heavy atom. The molecular formula is C28H46O3. The lowest BCUT2D eigenvalue weighted by molar-refractivity contribution is -0.149. The molecule has 1 unspecified atom stereocenters. The first-order valence-corrected chi connectivity index (χ1v) is 13.0. The van der Waals surface area contributed by atoms with Gasteiger partial charge in [0, 0.05) is 0 Å². The van der Waals surface area contributed by atoms with E-state index in [1.165, 1.54) is 76.2 Å². The van der Waals surface area contributed by atoms with Crippen LogP contribution >= 0.6 is 0 Å². The Bertz CT molecular complexity index is 591. The van der Waals surface area contributed by atoms with Gasteiger partial charge in [-0.05, 0) is 30.4 Å². The van der Waals surface area contributed by atoms with Crippen LogP contribution in [-0.2, 0) is 16.0 Å². The number of hydrogen-bond acceptors (Lipinski definition) is 2. The number of benzene rings is 1. The monoisotopic (exact) mass is 430 g/mol. The van der Waals surface area contributed by atoms with Crippen LogP contribution in [0.4, 0.5) is 0 Å². The van der Waals surface area contributed by atoms with Crippen molar-refractivity contribution < 1.29 is 14.7 Å². The molecule has 0 saturated heterocycles. The SMILES string of the molecule is CCCCCCCCCCCCCCCC(C(=O)C(=O)O)c1ccc(CCCC)cc1. The van der Waals surface area contributed by atoms with Crippen molar-refractivity contribution in [2.75, 3.05) is 0 Å². The first kappa shape index (κ1) is 27.4. The fourth-order valence-corrected chi connectivity index (χ4v) is 4.26. The Morgan fingerprint density at radius 2 is 1.13 bits per heavy atom. The fraction of sp³-hybridized carbons (Fsp3) is 0.714. The smallest absolute Gasteiger partial charge is 0.372 e. The van der Waals surface area contributed by atoms with Crippen LogP contribution in [0.3, 0.4) is 0 Å². The zero-order valence-corrected chi connectivity index (χ0v) is 20.2. The van der Waals surface area contributed by atoms with Gasteiger partial charge in [0.25, 0.3) is 0 Å². The average Bonchev–Trinajstić information content (AvgIpc) is 2.78.